The molecule has 0 heterocycles. The third-order valence-corrected chi connectivity index (χ3v) is 1.74. The van der Waals surface area contributed by atoms with E-state index in [0.717, 1.165) is 11.6 Å². The van der Waals surface area contributed by atoms with Gasteiger partial charge in [-0.2, -0.15) is 0 Å². The van der Waals surface area contributed by atoms with E-state index in [2.05, 4.69) is 30.0 Å². The summed E-state index contributed by atoms with van der Waals surface area (Å²) in [4.78, 5) is 0. The van der Waals surface area contributed by atoms with Crippen molar-refractivity contribution in [2.75, 3.05) is 0 Å². The van der Waals surface area contributed by atoms with Crippen LogP contribution in [0.25, 0.3) is 0 Å². The topological polar surface area (TPSA) is 0 Å². The molecule has 0 spiro atoms. The maximum Gasteiger partial charge on any atom is -0.0290 e. The van der Waals surface area contributed by atoms with Crippen molar-refractivity contribution in [1.82, 2.24) is 0 Å². The van der Waals surface area contributed by atoms with Crippen LogP contribution in [-0.2, 0) is 0 Å². The second-order valence-electron chi connectivity index (χ2n) is 2.73. The standard InChI is InChI=1S/C7H17P/c1-4-6(2)5-7(3)8/h6-7H,4-5,8H2,1-3H3. The van der Waals surface area contributed by atoms with Gasteiger partial charge in [0, 0.05) is 0 Å². The van der Waals surface area contributed by atoms with Crippen molar-refractivity contribution in [3.63, 3.8) is 0 Å². The lowest BCUT2D eigenvalue weighted by molar-refractivity contribution is 0.515. The molecule has 0 saturated carbocycles. The van der Waals surface area contributed by atoms with E-state index >= 15 is 0 Å². The molecule has 8 heavy (non-hydrogen) atoms. The highest BCUT2D eigenvalue weighted by molar-refractivity contribution is 7.17. The molecule has 0 aromatic carbocycles. The van der Waals surface area contributed by atoms with Gasteiger partial charge in [-0.05, 0) is 18.0 Å². The maximum atomic E-state index is 2.83. The number of rotatable bonds is 3. The Kier molecular flexibility index (Phi) is 4.56. The molecule has 0 nitrogen and oxygen atoms in total. The first kappa shape index (κ1) is 8.43. The Bertz CT molecular complexity index is 50.3. The van der Waals surface area contributed by atoms with Gasteiger partial charge < -0.3 is 0 Å². The summed E-state index contributed by atoms with van der Waals surface area (Å²) in [6.45, 7) is 6.80. The highest BCUT2D eigenvalue weighted by Gasteiger charge is 2.00. The molecule has 0 aliphatic rings. The van der Waals surface area contributed by atoms with E-state index in [1.807, 2.05) is 0 Å². The van der Waals surface area contributed by atoms with Crippen LogP contribution in [0.4, 0.5) is 0 Å². The summed E-state index contributed by atoms with van der Waals surface area (Å²) in [7, 11) is 2.83. The molecule has 0 radical (unpaired) electrons. The molecule has 0 N–H and O–H groups in total. The Morgan fingerprint density at radius 2 is 1.88 bits per heavy atom. The summed E-state index contributed by atoms with van der Waals surface area (Å²) >= 11 is 0. The van der Waals surface area contributed by atoms with E-state index in [9.17, 15) is 0 Å². The van der Waals surface area contributed by atoms with Gasteiger partial charge in [0.1, 0.15) is 0 Å². The Morgan fingerprint density at radius 1 is 1.38 bits per heavy atom. The van der Waals surface area contributed by atoms with Gasteiger partial charge in [-0.25, -0.2) is 0 Å². The fourth-order valence-corrected chi connectivity index (χ4v) is 1.27. The van der Waals surface area contributed by atoms with Crippen LogP contribution in [0.3, 0.4) is 0 Å². The van der Waals surface area contributed by atoms with E-state index in [4.69, 9.17) is 0 Å². The van der Waals surface area contributed by atoms with E-state index in [1.54, 1.807) is 0 Å². The van der Waals surface area contributed by atoms with Crippen LogP contribution in [0, 0.1) is 5.92 Å². The minimum Gasteiger partial charge on any atom is -0.135 e. The van der Waals surface area contributed by atoms with Crippen molar-refractivity contribution in [3.05, 3.63) is 0 Å². The second-order valence-corrected chi connectivity index (χ2v) is 3.86. The highest BCUT2D eigenvalue weighted by atomic mass is 31.0. The van der Waals surface area contributed by atoms with Crippen LogP contribution >= 0.6 is 9.24 Å². The van der Waals surface area contributed by atoms with Crippen molar-refractivity contribution in [2.24, 2.45) is 5.92 Å². The van der Waals surface area contributed by atoms with Gasteiger partial charge in [-0.1, -0.05) is 27.2 Å². The molecule has 0 aliphatic heterocycles. The lowest BCUT2D eigenvalue weighted by atomic mass is 10.0. The molecule has 0 rings (SSSR count). The summed E-state index contributed by atoms with van der Waals surface area (Å²) in [5.41, 5.74) is 0.796. The summed E-state index contributed by atoms with van der Waals surface area (Å²) in [5, 5.41) is 0. The molecular formula is C7H17P. The molecule has 3 unspecified atom stereocenters. The van der Waals surface area contributed by atoms with Gasteiger partial charge in [0.15, 0.2) is 0 Å². The fraction of sp³-hybridized carbons (Fsp3) is 1.00. The summed E-state index contributed by atoms with van der Waals surface area (Å²) in [6.07, 6.45) is 2.67. The van der Waals surface area contributed by atoms with Gasteiger partial charge >= 0.3 is 0 Å². The first-order chi connectivity index (χ1) is 3.66. The lowest BCUT2D eigenvalue weighted by Crippen LogP contribution is -1.99. The number of hydrogen-bond donors (Lipinski definition) is 0. The molecule has 0 bridgehead atoms. The van der Waals surface area contributed by atoms with Crippen LogP contribution in [-0.4, -0.2) is 5.66 Å². The molecule has 0 aliphatic carbocycles. The van der Waals surface area contributed by atoms with Gasteiger partial charge in [0.2, 0.25) is 0 Å². The van der Waals surface area contributed by atoms with Crippen LogP contribution in [0.1, 0.15) is 33.6 Å². The van der Waals surface area contributed by atoms with Gasteiger partial charge in [-0.15, -0.1) is 9.24 Å². The summed E-state index contributed by atoms with van der Waals surface area (Å²) < 4.78 is 0. The smallest absolute Gasteiger partial charge is 0.0290 e. The monoisotopic (exact) mass is 132 g/mol. The largest absolute Gasteiger partial charge is 0.135 e. The van der Waals surface area contributed by atoms with Gasteiger partial charge in [-0.3, -0.25) is 0 Å². The molecule has 50 valence electrons. The molecular weight excluding hydrogens is 115 g/mol. The first-order valence-corrected chi connectivity index (χ1v) is 4.09. The van der Waals surface area contributed by atoms with E-state index in [1.165, 1.54) is 12.8 Å². The average molecular weight is 132 g/mol. The lowest BCUT2D eigenvalue weighted by Gasteiger charge is -2.09. The fourth-order valence-electron chi connectivity index (χ4n) is 0.801. The van der Waals surface area contributed by atoms with Crippen LogP contribution in [0.15, 0.2) is 0 Å². The van der Waals surface area contributed by atoms with Gasteiger partial charge in [0.05, 0.1) is 0 Å². The zero-order chi connectivity index (χ0) is 6.57. The minimum absolute atomic E-state index is 0.796. The Balaban J connectivity index is 3.10. The zero-order valence-electron chi connectivity index (χ0n) is 6.15. The van der Waals surface area contributed by atoms with Crippen LogP contribution < -0.4 is 0 Å². The molecule has 0 saturated heterocycles. The Hall–Kier alpha value is 0.430. The van der Waals surface area contributed by atoms with E-state index in [0.29, 0.717) is 0 Å². The van der Waals surface area contributed by atoms with Crippen molar-refractivity contribution in [1.29, 1.82) is 0 Å². The van der Waals surface area contributed by atoms with Crippen LogP contribution in [0.2, 0.25) is 0 Å². The van der Waals surface area contributed by atoms with Crippen molar-refractivity contribution >= 4 is 9.24 Å². The predicted octanol–water partition coefficient (Wildman–Crippen LogP) is 2.69. The first-order valence-electron chi connectivity index (χ1n) is 3.42. The Labute approximate surface area is 55.3 Å². The zero-order valence-corrected chi connectivity index (χ0v) is 7.30. The van der Waals surface area contributed by atoms with E-state index in [-0.39, 0.29) is 0 Å². The van der Waals surface area contributed by atoms with Crippen molar-refractivity contribution < 1.29 is 0 Å². The third-order valence-electron chi connectivity index (χ3n) is 1.47. The molecule has 0 aromatic heterocycles. The Morgan fingerprint density at radius 3 is 2.00 bits per heavy atom. The van der Waals surface area contributed by atoms with Crippen LogP contribution in [0.5, 0.6) is 0 Å². The van der Waals surface area contributed by atoms with Crippen molar-refractivity contribution in [3.8, 4) is 0 Å². The molecule has 0 fully saturated rings. The van der Waals surface area contributed by atoms with Crippen molar-refractivity contribution in [2.45, 2.75) is 39.3 Å². The quantitative estimate of drug-likeness (QED) is 0.518. The third kappa shape index (κ3) is 4.59. The molecule has 3 atom stereocenters. The molecule has 0 amide bonds. The summed E-state index contributed by atoms with van der Waals surface area (Å²) in [5.74, 6) is 0.905. The summed E-state index contributed by atoms with van der Waals surface area (Å²) in [6, 6.07) is 0. The predicted molar refractivity (Wildman–Crippen MR) is 43.2 cm³/mol. The SMILES string of the molecule is CCC(C)CC(C)P. The second kappa shape index (κ2) is 4.32. The normalized spacial score (nSPS) is 18.0. The minimum atomic E-state index is 0.796. The maximum absolute atomic E-state index is 2.83. The molecule has 1 heteroatoms. The average Bonchev–Trinajstić information content (AvgIpc) is 1.65. The molecule has 0 aromatic rings. The van der Waals surface area contributed by atoms with Gasteiger partial charge in [0.25, 0.3) is 0 Å². The highest BCUT2D eigenvalue weighted by Crippen LogP contribution is 2.14. The number of hydrogen-bond acceptors (Lipinski definition) is 0. The van der Waals surface area contributed by atoms with E-state index < -0.39 is 0 Å².